The minimum atomic E-state index is 0.178. The lowest BCUT2D eigenvalue weighted by Crippen LogP contribution is -2.75. The van der Waals surface area contributed by atoms with Crippen LogP contribution in [0, 0.1) is 0 Å². The third-order valence-corrected chi connectivity index (χ3v) is 6.96. The number of amides is 1. The zero-order valence-corrected chi connectivity index (χ0v) is 15.1. The lowest BCUT2D eigenvalue weighted by molar-refractivity contribution is -0.207. The van der Waals surface area contributed by atoms with E-state index >= 15 is 0 Å². The van der Waals surface area contributed by atoms with E-state index in [0.29, 0.717) is 12.1 Å². The maximum absolute atomic E-state index is 12.5. The van der Waals surface area contributed by atoms with E-state index in [9.17, 15) is 4.79 Å². The summed E-state index contributed by atoms with van der Waals surface area (Å²) in [6, 6.07) is 4.45. The van der Waals surface area contributed by atoms with Crippen LogP contribution >= 0.6 is 11.3 Å². The summed E-state index contributed by atoms with van der Waals surface area (Å²) in [7, 11) is 1.83. The first-order valence-corrected chi connectivity index (χ1v) is 9.82. The molecule has 3 aliphatic heterocycles. The first-order chi connectivity index (χ1) is 11.7. The maximum atomic E-state index is 12.5. The van der Waals surface area contributed by atoms with Crippen LogP contribution in [0.5, 0.6) is 0 Å². The molecule has 0 saturated carbocycles. The number of ether oxygens (including phenoxy) is 2. The lowest BCUT2D eigenvalue weighted by atomic mass is 9.73. The van der Waals surface area contributed by atoms with Gasteiger partial charge >= 0.3 is 0 Å². The fourth-order valence-electron chi connectivity index (χ4n) is 4.68. The van der Waals surface area contributed by atoms with E-state index < -0.39 is 0 Å². The van der Waals surface area contributed by atoms with E-state index in [-0.39, 0.29) is 11.4 Å². The molecule has 1 aromatic heterocycles. The van der Waals surface area contributed by atoms with Crippen LogP contribution in [0.25, 0.3) is 0 Å². The number of methoxy groups -OCH3 is 1. The van der Waals surface area contributed by atoms with Gasteiger partial charge in [0.1, 0.15) is 0 Å². The number of hydrogen-bond acceptors (Lipinski definition) is 5. The summed E-state index contributed by atoms with van der Waals surface area (Å²) in [5.74, 6) is 0.197. The molecule has 0 aliphatic carbocycles. The summed E-state index contributed by atoms with van der Waals surface area (Å²) in [6.45, 7) is 4.43. The van der Waals surface area contributed by atoms with Crippen LogP contribution in [-0.2, 0) is 9.47 Å². The average molecular weight is 350 g/mol. The van der Waals surface area contributed by atoms with Crippen molar-refractivity contribution in [1.82, 2.24) is 9.80 Å². The number of rotatable bonds is 3. The summed E-state index contributed by atoms with van der Waals surface area (Å²) in [5, 5.41) is 1.97. The highest BCUT2D eigenvalue weighted by Gasteiger charge is 2.56. The highest BCUT2D eigenvalue weighted by atomic mass is 32.1. The quantitative estimate of drug-likeness (QED) is 0.838. The highest BCUT2D eigenvalue weighted by molar-refractivity contribution is 7.12. The van der Waals surface area contributed by atoms with E-state index in [1.165, 1.54) is 11.3 Å². The van der Waals surface area contributed by atoms with Crippen LogP contribution in [0.2, 0.25) is 0 Å². The Morgan fingerprint density at radius 2 is 2.08 bits per heavy atom. The standard InChI is InChI=1S/C18H26N2O3S/c1-22-16-13-20(18(16)6-10-23-11-7-18)14-4-8-19(9-5-14)17(21)15-3-2-12-24-15/h2-3,12,14,16H,4-11,13H2,1H3. The van der Waals surface area contributed by atoms with Gasteiger partial charge in [0.05, 0.1) is 16.5 Å². The molecule has 3 fully saturated rings. The van der Waals surface area contributed by atoms with Crippen molar-refractivity contribution in [2.45, 2.75) is 43.4 Å². The number of hydrogen-bond donors (Lipinski definition) is 0. The van der Waals surface area contributed by atoms with Crippen molar-refractivity contribution in [2.24, 2.45) is 0 Å². The number of carbonyl (C=O) groups excluding carboxylic acids is 1. The van der Waals surface area contributed by atoms with Crippen molar-refractivity contribution < 1.29 is 14.3 Å². The number of carbonyl (C=O) groups is 1. The normalized spacial score (nSPS) is 28.0. The Bertz CT molecular complexity index is 563. The van der Waals surface area contributed by atoms with E-state index in [0.717, 1.165) is 63.4 Å². The molecule has 3 saturated heterocycles. The Balaban J connectivity index is 1.38. The molecule has 1 aromatic rings. The largest absolute Gasteiger partial charge is 0.381 e. The van der Waals surface area contributed by atoms with Crippen molar-refractivity contribution in [1.29, 1.82) is 0 Å². The Morgan fingerprint density at radius 1 is 1.33 bits per heavy atom. The molecule has 6 heteroatoms. The number of nitrogens with zero attached hydrogens (tertiary/aromatic N) is 2. The molecule has 1 spiro atoms. The van der Waals surface area contributed by atoms with Gasteiger partial charge in [-0.2, -0.15) is 0 Å². The summed E-state index contributed by atoms with van der Waals surface area (Å²) in [6.07, 6.45) is 4.61. The average Bonchev–Trinajstić information content (AvgIpc) is 3.16. The summed E-state index contributed by atoms with van der Waals surface area (Å²) >= 11 is 1.54. The van der Waals surface area contributed by atoms with Crippen molar-refractivity contribution in [2.75, 3.05) is 40.0 Å². The molecule has 4 heterocycles. The molecule has 1 atom stereocenters. The number of piperidine rings is 1. The van der Waals surface area contributed by atoms with Crippen LogP contribution in [0.4, 0.5) is 0 Å². The Labute approximate surface area is 147 Å². The fourth-order valence-corrected chi connectivity index (χ4v) is 5.37. The van der Waals surface area contributed by atoms with Gasteiger partial charge in [-0.3, -0.25) is 9.69 Å². The van der Waals surface area contributed by atoms with Gasteiger partial charge in [-0.25, -0.2) is 0 Å². The molecule has 0 N–H and O–H groups in total. The molecule has 1 unspecified atom stereocenters. The first kappa shape index (κ1) is 16.5. The molecular formula is C18H26N2O3S. The minimum Gasteiger partial charge on any atom is -0.381 e. The second kappa shape index (κ2) is 6.75. The SMILES string of the molecule is COC1CN(C2CCN(C(=O)c3cccs3)CC2)C12CCOCC2. The molecule has 4 rings (SSSR count). The Kier molecular flexibility index (Phi) is 4.64. The molecule has 3 aliphatic rings. The zero-order chi connectivity index (χ0) is 16.6. The third-order valence-electron chi connectivity index (χ3n) is 6.10. The highest BCUT2D eigenvalue weighted by Crippen LogP contribution is 2.44. The van der Waals surface area contributed by atoms with Crippen molar-refractivity contribution in [3.05, 3.63) is 22.4 Å². The maximum Gasteiger partial charge on any atom is 0.263 e. The van der Waals surface area contributed by atoms with Gasteiger partial charge in [0.15, 0.2) is 0 Å². The summed E-state index contributed by atoms with van der Waals surface area (Å²) in [4.78, 5) is 18.0. The topological polar surface area (TPSA) is 42.0 Å². The molecule has 132 valence electrons. The monoisotopic (exact) mass is 350 g/mol. The minimum absolute atomic E-state index is 0.178. The molecule has 5 nitrogen and oxygen atoms in total. The molecule has 24 heavy (non-hydrogen) atoms. The van der Waals surface area contributed by atoms with Crippen LogP contribution in [0.15, 0.2) is 17.5 Å². The zero-order valence-electron chi connectivity index (χ0n) is 14.3. The number of likely N-dealkylation sites (tertiary alicyclic amines) is 2. The van der Waals surface area contributed by atoms with Crippen molar-refractivity contribution in [3.8, 4) is 0 Å². The molecule has 0 bridgehead atoms. The van der Waals surface area contributed by atoms with E-state index in [4.69, 9.17) is 9.47 Å². The van der Waals surface area contributed by atoms with Gasteiger partial charge in [-0.1, -0.05) is 6.07 Å². The van der Waals surface area contributed by atoms with Crippen LogP contribution < -0.4 is 0 Å². The molecule has 1 amide bonds. The van der Waals surface area contributed by atoms with Gasteiger partial charge in [0.25, 0.3) is 5.91 Å². The molecule has 0 radical (unpaired) electrons. The number of thiophene rings is 1. The van der Waals surface area contributed by atoms with E-state index in [1.54, 1.807) is 0 Å². The first-order valence-electron chi connectivity index (χ1n) is 8.95. The second-order valence-electron chi connectivity index (χ2n) is 7.09. The Morgan fingerprint density at radius 3 is 2.71 bits per heavy atom. The van der Waals surface area contributed by atoms with E-state index in [1.807, 2.05) is 29.5 Å². The lowest BCUT2D eigenvalue weighted by Gasteiger charge is -2.63. The van der Waals surface area contributed by atoms with Crippen LogP contribution in [0.3, 0.4) is 0 Å². The fraction of sp³-hybridized carbons (Fsp3) is 0.722. The summed E-state index contributed by atoms with van der Waals surface area (Å²) < 4.78 is 11.3. The van der Waals surface area contributed by atoms with Gasteiger partial charge in [-0.05, 0) is 37.1 Å². The van der Waals surface area contributed by atoms with Gasteiger partial charge < -0.3 is 14.4 Å². The molecular weight excluding hydrogens is 324 g/mol. The van der Waals surface area contributed by atoms with Crippen LogP contribution in [0.1, 0.15) is 35.4 Å². The van der Waals surface area contributed by atoms with E-state index in [2.05, 4.69) is 4.90 Å². The van der Waals surface area contributed by atoms with Crippen molar-refractivity contribution >= 4 is 17.2 Å². The van der Waals surface area contributed by atoms with Gasteiger partial charge in [0.2, 0.25) is 0 Å². The Hall–Kier alpha value is -0.950. The molecule has 0 aromatic carbocycles. The predicted molar refractivity (Wildman–Crippen MR) is 93.5 cm³/mol. The predicted octanol–water partition coefficient (Wildman–Crippen LogP) is 2.23. The van der Waals surface area contributed by atoms with Gasteiger partial charge in [-0.15, -0.1) is 11.3 Å². The summed E-state index contributed by atoms with van der Waals surface area (Å²) in [5.41, 5.74) is 0.178. The van der Waals surface area contributed by atoms with Crippen molar-refractivity contribution in [3.63, 3.8) is 0 Å². The van der Waals surface area contributed by atoms with Crippen LogP contribution in [-0.4, -0.2) is 73.3 Å². The van der Waals surface area contributed by atoms with Gasteiger partial charge in [0, 0.05) is 46.0 Å². The second-order valence-corrected chi connectivity index (χ2v) is 8.04. The third kappa shape index (κ3) is 2.69. The smallest absolute Gasteiger partial charge is 0.263 e.